The van der Waals surface area contributed by atoms with Crippen molar-refractivity contribution >= 4 is 17.5 Å². The lowest BCUT2D eigenvalue weighted by Gasteiger charge is -2.35. The number of carbonyl (C=O) groups excluding carboxylic acids is 2. The van der Waals surface area contributed by atoms with Crippen LogP contribution in [0.2, 0.25) is 0 Å². The van der Waals surface area contributed by atoms with Gasteiger partial charge in [0.15, 0.2) is 17.2 Å². The quantitative estimate of drug-likeness (QED) is 0.280. The number of fused-ring (bicyclic) bond motifs is 2. The van der Waals surface area contributed by atoms with Crippen molar-refractivity contribution < 1.29 is 23.1 Å². The van der Waals surface area contributed by atoms with Crippen LogP contribution in [0.4, 0.5) is 8.78 Å². The molecule has 4 aromatic rings. The summed E-state index contributed by atoms with van der Waals surface area (Å²) >= 11 is 0. The third kappa shape index (κ3) is 4.65. The first-order valence-electron chi connectivity index (χ1n) is 14.1. The van der Waals surface area contributed by atoms with E-state index >= 15 is 4.39 Å². The lowest BCUT2D eigenvalue weighted by Crippen LogP contribution is -2.39. The van der Waals surface area contributed by atoms with Crippen LogP contribution in [0.3, 0.4) is 0 Å². The number of rotatable bonds is 5. The third-order valence-corrected chi connectivity index (χ3v) is 8.43. The zero-order valence-corrected chi connectivity index (χ0v) is 22.6. The predicted octanol–water partition coefficient (Wildman–Crippen LogP) is 4.83. The standard InChI is InChI=1S/C31H29F2N5O3/c1-17-21-5-3-2-4-18(21)9-11-37(17)30(39)26-14-27(19-6-7-19)38-29(35-26)15-25(36-38)22-12-24(33)28(13-23(22)32)41-31(40)20-8-10-34-16-20/h2-5,12-15,17,19-20,34H,6-11,16H2,1H3/t17-,20?/m1/s1. The highest BCUT2D eigenvalue weighted by Gasteiger charge is 2.33. The summed E-state index contributed by atoms with van der Waals surface area (Å²) in [7, 11) is 0. The lowest BCUT2D eigenvalue weighted by atomic mass is 9.93. The summed E-state index contributed by atoms with van der Waals surface area (Å²) < 4.78 is 37.0. The summed E-state index contributed by atoms with van der Waals surface area (Å²) in [6, 6.07) is 13.3. The van der Waals surface area contributed by atoms with Gasteiger partial charge < -0.3 is 15.0 Å². The van der Waals surface area contributed by atoms with Gasteiger partial charge in [-0.3, -0.25) is 9.59 Å². The number of nitrogens with one attached hydrogen (secondary N) is 1. The summed E-state index contributed by atoms with van der Waals surface area (Å²) in [6.45, 7) is 3.74. The van der Waals surface area contributed by atoms with Gasteiger partial charge in [-0.2, -0.15) is 5.10 Å². The number of nitrogens with zero attached hydrogens (tertiary/aromatic N) is 4. The normalized spacial score (nSPS) is 20.3. The maximum Gasteiger partial charge on any atom is 0.315 e. The highest BCUT2D eigenvalue weighted by molar-refractivity contribution is 5.93. The third-order valence-electron chi connectivity index (χ3n) is 8.43. The Hall–Kier alpha value is -4.18. The molecule has 1 aliphatic carbocycles. The molecule has 2 aromatic carbocycles. The van der Waals surface area contributed by atoms with E-state index in [4.69, 9.17) is 4.74 Å². The summed E-state index contributed by atoms with van der Waals surface area (Å²) in [4.78, 5) is 32.5. The molecular formula is C31H29F2N5O3. The second-order valence-corrected chi connectivity index (χ2v) is 11.1. The topological polar surface area (TPSA) is 88.8 Å². The number of amides is 1. The summed E-state index contributed by atoms with van der Waals surface area (Å²) in [5.41, 5.74) is 4.01. The molecule has 4 heterocycles. The van der Waals surface area contributed by atoms with Gasteiger partial charge in [0.05, 0.1) is 17.7 Å². The highest BCUT2D eigenvalue weighted by Crippen LogP contribution is 2.41. The van der Waals surface area contributed by atoms with Crippen LogP contribution in [0.1, 0.15) is 65.5 Å². The molecule has 0 radical (unpaired) electrons. The Morgan fingerprint density at radius 2 is 1.88 bits per heavy atom. The Bertz CT molecular complexity index is 1690. The smallest absolute Gasteiger partial charge is 0.315 e. The lowest BCUT2D eigenvalue weighted by molar-refractivity contribution is -0.138. The second kappa shape index (κ2) is 10.0. The van der Waals surface area contributed by atoms with Crippen molar-refractivity contribution in [2.45, 2.75) is 44.6 Å². The Morgan fingerprint density at radius 1 is 1.05 bits per heavy atom. The molecule has 0 bridgehead atoms. The molecule has 41 heavy (non-hydrogen) atoms. The van der Waals surface area contributed by atoms with Crippen molar-refractivity contribution in [1.29, 1.82) is 0 Å². The molecule has 1 N–H and O–H groups in total. The molecule has 1 saturated carbocycles. The van der Waals surface area contributed by atoms with Gasteiger partial charge >= 0.3 is 5.97 Å². The molecular weight excluding hydrogens is 528 g/mol. The first-order valence-corrected chi connectivity index (χ1v) is 14.1. The van der Waals surface area contributed by atoms with Crippen molar-refractivity contribution in [3.8, 4) is 17.0 Å². The molecule has 10 heteroatoms. The van der Waals surface area contributed by atoms with E-state index in [9.17, 15) is 14.0 Å². The maximum atomic E-state index is 15.3. The maximum absolute atomic E-state index is 15.3. The molecule has 7 rings (SSSR count). The van der Waals surface area contributed by atoms with Crippen LogP contribution in [0.25, 0.3) is 16.9 Å². The van der Waals surface area contributed by atoms with Gasteiger partial charge in [-0.15, -0.1) is 0 Å². The Labute approximate surface area is 235 Å². The molecule has 210 valence electrons. The molecule has 2 aromatic heterocycles. The Balaban J connectivity index is 1.21. The summed E-state index contributed by atoms with van der Waals surface area (Å²) in [5.74, 6) is -3.00. The number of halogens is 2. The molecule has 8 nitrogen and oxygen atoms in total. The Kier molecular flexibility index (Phi) is 6.30. The van der Waals surface area contributed by atoms with Crippen molar-refractivity contribution in [3.63, 3.8) is 0 Å². The minimum absolute atomic E-state index is 0.0776. The molecule has 0 spiro atoms. The van der Waals surface area contributed by atoms with Crippen LogP contribution < -0.4 is 10.1 Å². The fraction of sp³-hybridized carbons (Fsp3) is 0.355. The number of hydrogen-bond donors (Lipinski definition) is 1. The van der Waals surface area contributed by atoms with Gasteiger partial charge in [-0.05, 0) is 62.4 Å². The predicted molar refractivity (Wildman–Crippen MR) is 147 cm³/mol. The second-order valence-electron chi connectivity index (χ2n) is 11.1. The van der Waals surface area contributed by atoms with Crippen molar-refractivity contribution in [2.75, 3.05) is 19.6 Å². The molecule has 2 fully saturated rings. The number of ether oxygens (including phenoxy) is 1. The SMILES string of the molecule is C[C@@H]1c2ccccc2CCN1C(=O)c1cc(C2CC2)n2nc(-c3cc(F)c(OC(=O)C4CCNC4)cc3F)cc2n1. The van der Waals surface area contributed by atoms with E-state index < -0.39 is 23.4 Å². The average molecular weight is 558 g/mol. The van der Waals surface area contributed by atoms with Gasteiger partial charge in [-0.1, -0.05) is 24.3 Å². The number of esters is 1. The summed E-state index contributed by atoms with van der Waals surface area (Å²) in [6.07, 6.45) is 3.27. The van der Waals surface area contributed by atoms with E-state index in [2.05, 4.69) is 27.5 Å². The fourth-order valence-corrected chi connectivity index (χ4v) is 5.96. The molecule has 1 saturated heterocycles. The van der Waals surface area contributed by atoms with Crippen LogP contribution in [-0.4, -0.2) is 51.0 Å². The number of aromatic nitrogens is 3. The van der Waals surface area contributed by atoms with Gasteiger partial charge in [0, 0.05) is 42.4 Å². The van der Waals surface area contributed by atoms with Crippen molar-refractivity contribution in [2.24, 2.45) is 5.92 Å². The molecule has 1 amide bonds. The minimum atomic E-state index is -0.858. The van der Waals surface area contributed by atoms with Crippen molar-refractivity contribution in [1.82, 2.24) is 24.8 Å². The van der Waals surface area contributed by atoms with E-state index in [-0.39, 0.29) is 35.0 Å². The molecule has 2 aliphatic heterocycles. The van der Waals surface area contributed by atoms with E-state index in [1.807, 2.05) is 24.0 Å². The van der Waals surface area contributed by atoms with Crippen molar-refractivity contribution in [3.05, 3.63) is 82.7 Å². The van der Waals surface area contributed by atoms with E-state index in [0.29, 0.717) is 37.4 Å². The number of hydrogen-bond acceptors (Lipinski definition) is 6. The first-order chi connectivity index (χ1) is 19.9. The minimum Gasteiger partial charge on any atom is -0.423 e. The van der Waals surface area contributed by atoms with E-state index in [0.717, 1.165) is 42.7 Å². The van der Waals surface area contributed by atoms with Crippen LogP contribution >= 0.6 is 0 Å². The molecule has 2 atom stereocenters. The summed E-state index contributed by atoms with van der Waals surface area (Å²) in [5, 5.41) is 7.62. The largest absolute Gasteiger partial charge is 0.423 e. The average Bonchev–Trinajstić information content (AvgIpc) is 3.48. The molecule has 3 aliphatic rings. The van der Waals surface area contributed by atoms with Crippen LogP contribution in [0.15, 0.2) is 48.5 Å². The van der Waals surface area contributed by atoms with Gasteiger partial charge in [0.2, 0.25) is 0 Å². The zero-order valence-electron chi connectivity index (χ0n) is 22.6. The van der Waals surface area contributed by atoms with Crippen LogP contribution in [0, 0.1) is 17.6 Å². The number of carbonyl (C=O) groups is 2. The van der Waals surface area contributed by atoms with E-state index in [1.165, 1.54) is 5.56 Å². The van der Waals surface area contributed by atoms with E-state index in [1.54, 1.807) is 16.6 Å². The monoisotopic (exact) mass is 557 g/mol. The fourth-order valence-electron chi connectivity index (χ4n) is 5.96. The van der Waals surface area contributed by atoms with Gasteiger partial charge in [-0.25, -0.2) is 18.3 Å². The number of benzene rings is 2. The van der Waals surface area contributed by atoms with Gasteiger partial charge in [0.25, 0.3) is 5.91 Å². The van der Waals surface area contributed by atoms with Gasteiger partial charge in [0.1, 0.15) is 11.5 Å². The Morgan fingerprint density at radius 3 is 2.66 bits per heavy atom. The highest BCUT2D eigenvalue weighted by atomic mass is 19.1. The first kappa shape index (κ1) is 25.8. The van der Waals surface area contributed by atoms with Crippen LogP contribution in [-0.2, 0) is 11.2 Å². The zero-order chi connectivity index (χ0) is 28.2. The molecule has 1 unspecified atom stereocenters. The van der Waals surface area contributed by atoms with Crippen LogP contribution in [0.5, 0.6) is 5.75 Å².